The maximum Gasteiger partial charge on any atom is 0.118 e. The van der Waals surface area contributed by atoms with Crippen molar-refractivity contribution in [1.29, 1.82) is 0 Å². The Morgan fingerprint density at radius 1 is 1.04 bits per heavy atom. The summed E-state index contributed by atoms with van der Waals surface area (Å²) in [5, 5.41) is 4.21. The molecule has 0 amide bonds. The number of nitrogens with zero attached hydrogens (tertiary/aromatic N) is 1. The van der Waals surface area contributed by atoms with Gasteiger partial charge in [0.15, 0.2) is 0 Å². The zero-order valence-corrected chi connectivity index (χ0v) is 16.0. The molecule has 0 unspecified atom stereocenters. The zero-order valence-electron chi connectivity index (χ0n) is 15.2. The topological polar surface area (TPSA) is 34.1 Å². The standard InChI is InChI=1S/C23H21ClN2O/c1-4-20-21(5-2)26-22(17-8-12-19(27-3)13-9-17)14-23(20)25-15-16-6-10-18(24)11-7-16/h4-14H,1-2,15H2,3H3,(H,25,26). The van der Waals surface area contributed by atoms with Gasteiger partial charge in [-0.25, -0.2) is 4.98 Å². The van der Waals surface area contributed by atoms with Crippen LogP contribution in [0.2, 0.25) is 5.02 Å². The average molecular weight is 377 g/mol. The number of nitrogens with one attached hydrogen (secondary N) is 1. The Labute approximate surface area is 165 Å². The summed E-state index contributed by atoms with van der Waals surface area (Å²) in [6.07, 6.45) is 3.55. The first-order valence-corrected chi connectivity index (χ1v) is 8.95. The molecule has 3 rings (SSSR count). The minimum absolute atomic E-state index is 0.667. The van der Waals surface area contributed by atoms with E-state index in [1.165, 1.54) is 0 Å². The van der Waals surface area contributed by atoms with Gasteiger partial charge in [-0.05, 0) is 54.1 Å². The highest BCUT2D eigenvalue weighted by atomic mass is 35.5. The molecule has 0 bridgehead atoms. The fraction of sp³-hybridized carbons (Fsp3) is 0.0870. The summed E-state index contributed by atoms with van der Waals surface area (Å²) in [6, 6.07) is 17.6. The van der Waals surface area contributed by atoms with E-state index in [0.29, 0.717) is 6.54 Å². The fourth-order valence-electron chi connectivity index (χ4n) is 2.80. The summed E-state index contributed by atoms with van der Waals surface area (Å²) >= 11 is 5.96. The summed E-state index contributed by atoms with van der Waals surface area (Å²) in [4.78, 5) is 4.73. The molecule has 0 aliphatic carbocycles. The van der Waals surface area contributed by atoms with Gasteiger partial charge >= 0.3 is 0 Å². The zero-order chi connectivity index (χ0) is 19.2. The molecule has 0 radical (unpaired) electrons. The van der Waals surface area contributed by atoms with Crippen molar-refractivity contribution in [2.45, 2.75) is 6.54 Å². The normalized spacial score (nSPS) is 10.3. The Hall–Kier alpha value is -3.04. The lowest BCUT2D eigenvalue weighted by molar-refractivity contribution is 0.415. The molecule has 27 heavy (non-hydrogen) atoms. The molecule has 0 spiro atoms. The van der Waals surface area contributed by atoms with Crippen molar-refractivity contribution < 1.29 is 4.74 Å². The first-order chi connectivity index (χ1) is 13.1. The Kier molecular flexibility index (Phi) is 5.94. The van der Waals surface area contributed by atoms with Crippen LogP contribution in [-0.2, 0) is 6.54 Å². The van der Waals surface area contributed by atoms with E-state index in [0.717, 1.165) is 44.5 Å². The van der Waals surface area contributed by atoms with E-state index in [1.807, 2.05) is 54.6 Å². The molecule has 0 aliphatic rings. The Morgan fingerprint density at radius 3 is 2.33 bits per heavy atom. The SMILES string of the molecule is C=Cc1nc(-c2ccc(OC)cc2)cc(NCc2ccc(Cl)cc2)c1C=C. The molecule has 0 saturated heterocycles. The van der Waals surface area contributed by atoms with Crippen molar-refractivity contribution in [1.82, 2.24) is 4.98 Å². The second-order valence-electron chi connectivity index (χ2n) is 5.97. The van der Waals surface area contributed by atoms with Crippen LogP contribution in [0, 0.1) is 0 Å². The lowest BCUT2D eigenvalue weighted by atomic mass is 10.1. The number of anilines is 1. The lowest BCUT2D eigenvalue weighted by Crippen LogP contribution is -2.04. The second kappa shape index (κ2) is 8.56. The molecule has 1 heterocycles. The van der Waals surface area contributed by atoms with E-state index in [9.17, 15) is 0 Å². The summed E-state index contributed by atoms with van der Waals surface area (Å²) in [6.45, 7) is 8.50. The van der Waals surface area contributed by atoms with Gasteiger partial charge in [0, 0.05) is 28.4 Å². The van der Waals surface area contributed by atoms with E-state index in [-0.39, 0.29) is 0 Å². The second-order valence-corrected chi connectivity index (χ2v) is 6.41. The Morgan fingerprint density at radius 2 is 1.74 bits per heavy atom. The first kappa shape index (κ1) is 18.7. The molecule has 4 heteroatoms. The van der Waals surface area contributed by atoms with Crippen LogP contribution in [0.5, 0.6) is 5.75 Å². The van der Waals surface area contributed by atoms with Crippen molar-refractivity contribution in [3.05, 3.63) is 89.6 Å². The molecule has 3 nitrogen and oxygen atoms in total. The van der Waals surface area contributed by atoms with Gasteiger partial charge < -0.3 is 10.1 Å². The van der Waals surface area contributed by atoms with Crippen molar-refractivity contribution in [2.24, 2.45) is 0 Å². The molecule has 0 atom stereocenters. The third kappa shape index (κ3) is 4.39. The molecule has 2 aromatic carbocycles. The van der Waals surface area contributed by atoms with Gasteiger partial charge in [0.2, 0.25) is 0 Å². The van der Waals surface area contributed by atoms with E-state index < -0.39 is 0 Å². The van der Waals surface area contributed by atoms with E-state index >= 15 is 0 Å². The number of aromatic nitrogens is 1. The molecular formula is C23H21ClN2O. The third-order valence-corrected chi connectivity index (χ3v) is 4.52. The van der Waals surface area contributed by atoms with E-state index in [2.05, 4.69) is 18.5 Å². The molecule has 136 valence electrons. The number of methoxy groups -OCH3 is 1. The quantitative estimate of drug-likeness (QED) is 0.524. The van der Waals surface area contributed by atoms with E-state index in [1.54, 1.807) is 19.3 Å². The summed E-state index contributed by atoms with van der Waals surface area (Å²) in [5.74, 6) is 0.812. The first-order valence-electron chi connectivity index (χ1n) is 8.57. The monoisotopic (exact) mass is 376 g/mol. The van der Waals surface area contributed by atoms with Crippen molar-refractivity contribution in [3.8, 4) is 17.0 Å². The summed E-state index contributed by atoms with van der Waals surface area (Å²) < 4.78 is 5.23. The summed E-state index contributed by atoms with van der Waals surface area (Å²) in [5.41, 5.74) is 5.67. The van der Waals surface area contributed by atoms with Gasteiger partial charge in [-0.2, -0.15) is 0 Å². The van der Waals surface area contributed by atoms with Crippen molar-refractivity contribution in [3.63, 3.8) is 0 Å². The van der Waals surface area contributed by atoms with Crippen LogP contribution in [0.25, 0.3) is 23.4 Å². The fourth-order valence-corrected chi connectivity index (χ4v) is 2.93. The molecular weight excluding hydrogens is 356 g/mol. The highest BCUT2D eigenvalue weighted by Gasteiger charge is 2.10. The van der Waals surface area contributed by atoms with E-state index in [4.69, 9.17) is 21.3 Å². The maximum atomic E-state index is 5.96. The third-order valence-electron chi connectivity index (χ3n) is 4.27. The molecule has 0 saturated carbocycles. The van der Waals surface area contributed by atoms with Crippen LogP contribution in [0.15, 0.2) is 67.8 Å². The number of rotatable bonds is 7. The number of hydrogen-bond acceptors (Lipinski definition) is 3. The Balaban J connectivity index is 1.96. The van der Waals surface area contributed by atoms with Gasteiger partial charge in [-0.15, -0.1) is 0 Å². The van der Waals surface area contributed by atoms with Crippen LogP contribution in [-0.4, -0.2) is 12.1 Å². The molecule has 1 N–H and O–H groups in total. The number of hydrogen-bond donors (Lipinski definition) is 1. The maximum absolute atomic E-state index is 5.96. The van der Waals surface area contributed by atoms with Gasteiger partial charge in [-0.1, -0.05) is 43.0 Å². The molecule has 0 aliphatic heterocycles. The van der Waals surface area contributed by atoms with Crippen LogP contribution in [0.3, 0.4) is 0 Å². The Bertz CT molecular complexity index is 947. The molecule has 3 aromatic rings. The van der Waals surface area contributed by atoms with Gasteiger partial charge in [0.25, 0.3) is 0 Å². The van der Waals surface area contributed by atoms with Gasteiger partial charge in [0.1, 0.15) is 5.75 Å². The smallest absolute Gasteiger partial charge is 0.118 e. The number of halogens is 1. The highest BCUT2D eigenvalue weighted by Crippen LogP contribution is 2.29. The predicted molar refractivity (Wildman–Crippen MR) is 115 cm³/mol. The minimum atomic E-state index is 0.667. The minimum Gasteiger partial charge on any atom is -0.497 e. The van der Waals surface area contributed by atoms with Crippen molar-refractivity contribution >= 4 is 29.4 Å². The molecule has 0 fully saturated rings. The van der Waals surface area contributed by atoms with Crippen molar-refractivity contribution in [2.75, 3.05) is 12.4 Å². The average Bonchev–Trinajstić information content (AvgIpc) is 2.72. The largest absolute Gasteiger partial charge is 0.497 e. The number of benzene rings is 2. The van der Waals surface area contributed by atoms with Crippen LogP contribution in [0.4, 0.5) is 5.69 Å². The predicted octanol–water partition coefficient (Wildman–Crippen LogP) is 6.31. The summed E-state index contributed by atoms with van der Waals surface area (Å²) in [7, 11) is 1.65. The van der Waals surface area contributed by atoms with Gasteiger partial charge in [-0.3, -0.25) is 0 Å². The number of pyridine rings is 1. The van der Waals surface area contributed by atoms with Crippen LogP contribution < -0.4 is 10.1 Å². The number of ether oxygens (including phenoxy) is 1. The lowest BCUT2D eigenvalue weighted by Gasteiger charge is -2.15. The van der Waals surface area contributed by atoms with Crippen LogP contribution >= 0.6 is 11.6 Å². The van der Waals surface area contributed by atoms with Crippen LogP contribution in [0.1, 0.15) is 16.8 Å². The highest BCUT2D eigenvalue weighted by molar-refractivity contribution is 6.30. The van der Waals surface area contributed by atoms with Gasteiger partial charge in [0.05, 0.1) is 18.5 Å². The molecule has 1 aromatic heterocycles.